The zero-order valence-corrected chi connectivity index (χ0v) is 11.4. The largest absolute Gasteiger partial charge is 0.340 e. The van der Waals surface area contributed by atoms with E-state index >= 15 is 0 Å². The summed E-state index contributed by atoms with van der Waals surface area (Å²) in [7, 11) is 0. The quantitative estimate of drug-likeness (QED) is 0.804. The standard InChI is InChI=1S/C15H24N2O/c1-3-14(12-13-8-6-5-7-9-13)17(4-2)15(18)10-11-16/h5-9,14H,3-4,10-12,16H2,1-2H3. The fraction of sp³-hybridized carbons (Fsp3) is 0.533. The van der Waals surface area contributed by atoms with Crippen LogP contribution in [0, 0.1) is 0 Å². The zero-order chi connectivity index (χ0) is 13.4. The summed E-state index contributed by atoms with van der Waals surface area (Å²) >= 11 is 0. The molecule has 0 radical (unpaired) electrons. The Morgan fingerprint density at radius 1 is 1.28 bits per heavy atom. The second-order valence-electron chi connectivity index (χ2n) is 4.47. The summed E-state index contributed by atoms with van der Waals surface area (Å²) in [5.41, 5.74) is 6.75. The minimum Gasteiger partial charge on any atom is -0.340 e. The lowest BCUT2D eigenvalue weighted by Gasteiger charge is -2.30. The topological polar surface area (TPSA) is 46.3 Å². The number of hydrogen-bond acceptors (Lipinski definition) is 2. The van der Waals surface area contributed by atoms with Crippen LogP contribution in [-0.4, -0.2) is 29.9 Å². The molecular formula is C15H24N2O. The van der Waals surface area contributed by atoms with Crippen molar-refractivity contribution in [2.45, 2.75) is 39.2 Å². The average molecular weight is 248 g/mol. The highest BCUT2D eigenvalue weighted by molar-refractivity contribution is 5.76. The first-order valence-corrected chi connectivity index (χ1v) is 6.76. The predicted molar refractivity (Wildman–Crippen MR) is 75.3 cm³/mol. The minimum atomic E-state index is 0.169. The van der Waals surface area contributed by atoms with Crippen molar-refractivity contribution in [3.05, 3.63) is 35.9 Å². The normalized spacial score (nSPS) is 12.2. The molecule has 1 atom stereocenters. The lowest BCUT2D eigenvalue weighted by molar-refractivity contribution is -0.133. The SMILES string of the molecule is CCC(Cc1ccccc1)N(CC)C(=O)CCN. The summed E-state index contributed by atoms with van der Waals surface area (Å²) in [6.45, 7) is 5.34. The molecule has 0 saturated heterocycles. The van der Waals surface area contributed by atoms with E-state index in [1.807, 2.05) is 30.0 Å². The highest BCUT2D eigenvalue weighted by Crippen LogP contribution is 2.13. The van der Waals surface area contributed by atoms with Gasteiger partial charge in [0.25, 0.3) is 0 Å². The molecule has 3 heteroatoms. The van der Waals surface area contributed by atoms with E-state index in [1.54, 1.807) is 0 Å². The lowest BCUT2D eigenvalue weighted by Crippen LogP contribution is -2.41. The summed E-state index contributed by atoms with van der Waals surface area (Å²) in [4.78, 5) is 14.0. The van der Waals surface area contributed by atoms with Gasteiger partial charge in [-0.1, -0.05) is 37.3 Å². The Kier molecular flexibility index (Phi) is 6.44. The highest BCUT2D eigenvalue weighted by Gasteiger charge is 2.20. The number of amides is 1. The molecule has 0 heterocycles. The predicted octanol–water partition coefficient (Wildman–Crippen LogP) is 2.21. The van der Waals surface area contributed by atoms with Gasteiger partial charge in [0, 0.05) is 25.6 Å². The number of nitrogens with two attached hydrogens (primary N) is 1. The van der Waals surface area contributed by atoms with Crippen LogP contribution in [0.5, 0.6) is 0 Å². The van der Waals surface area contributed by atoms with Crippen LogP contribution in [0.3, 0.4) is 0 Å². The number of carbonyl (C=O) groups is 1. The Labute approximate surface area is 110 Å². The Hall–Kier alpha value is -1.35. The molecule has 1 aromatic rings. The molecule has 0 fully saturated rings. The summed E-state index contributed by atoms with van der Waals surface area (Å²) in [6.07, 6.45) is 2.33. The van der Waals surface area contributed by atoms with Crippen molar-refractivity contribution in [2.24, 2.45) is 5.73 Å². The highest BCUT2D eigenvalue weighted by atomic mass is 16.2. The van der Waals surface area contributed by atoms with E-state index in [-0.39, 0.29) is 11.9 Å². The molecule has 1 aromatic carbocycles. The van der Waals surface area contributed by atoms with Gasteiger partial charge in [-0.2, -0.15) is 0 Å². The van der Waals surface area contributed by atoms with Crippen molar-refractivity contribution >= 4 is 5.91 Å². The van der Waals surface area contributed by atoms with Crippen LogP contribution in [0.1, 0.15) is 32.3 Å². The van der Waals surface area contributed by atoms with Crippen molar-refractivity contribution in [2.75, 3.05) is 13.1 Å². The van der Waals surface area contributed by atoms with E-state index in [1.165, 1.54) is 5.56 Å². The number of hydrogen-bond donors (Lipinski definition) is 1. The van der Waals surface area contributed by atoms with Crippen molar-refractivity contribution in [3.8, 4) is 0 Å². The first kappa shape index (κ1) is 14.7. The first-order valence-electron chi connectivity index (χ1n) is 6.76. The van der Waals surface area contributed by atoms with E-state index in [2.05, 4.69) is 19.1 Å². The molecule has 2 N–H and O–H groups in total. The van der Waals surface area contributed by atoms with Crippen LogP contribution in [0.15, 0.2) is 30.3 Å². The Morgan fingerprint density at radius 3 is 2.44 bits per heavy atom. The van der Waals surface area contributed by atoms with Gasteiger partial charge < -0.3 is 10.6 Å². The number of benzene rings is 1. The van der Waals surface area contributed by atoms with Crippen LogP contribution in [0.25, 0.3) is 0 Å². The zero-order valence-electron chi connectivity index (χ0n) is 11.4. The summed E-state index contributed by atoms with van der Waals surface area (Å²) in [5.74, 6) is 0.169. The van der Waals surface area contributed by atoms with Gasteiger partial charge in [0.15, 0.2) is 0 Å². The average Bonchev–Trinajstić information content (AvgIpc) is 2.40. The number of carbonyl (C=O) groups excluding carboxylic acids is 1. The molecule has 3 nitrogen and oxygen atoms in total. The van der Waals surface area contributed by atoms with Gasteiger partial charge in [0.2, 0.25) is 5.91 Å². The second-order valence-corrected chi connectivity index (χ2v) is 4.47. The fourth-order valence-electron chi connectivity index (χ4n) is 2.27. The maximum absolute atomic E-state index is 12.0. The minimum absolute atomic E-state index is 0.169. The number of likely N-dealkylation sites (N-methyl/N-ethyl adjacent to an activating group) is 1. The third-order valence-corrected chi connectivity index (χ3v) is 3.25. The third-order valence-electron chi connectivity index (χ3n) is 3.25. The summed E-state index contributed by atoms with van der Waals surface area (Å²) < 4.78 is 0. The van der Waals surface area contributed by atoms with E-state index in [0.717, 1.165) is 19.4 Å². The molecule has 0 bridgehead atoms. The fourth-order valence-corrected chi connectivity index (χ4v) is 2.27. The van der Waals surface area contributed by atoms with Gasteiger partial charge in [-0.15, -0.1) is 0 Å². The molecule has 0 aliphatic heterocycles. The van der Waals surface area contributed by atoms with Crippen LogP contribution in [-0.2, 0) is 11.2 Å². The Bertz CT molecular complexity index is 351. The molecule has 0 aliphatic rings. The molecule has 0 aromatic heterocycles. The van der Waals surface area contributed by atoms with Crippen LogP contribution in [0.4, 0.5) is 0 Å². The third kappa shape index (κ3) is 4.15. The molecule has 0 aliphatic carbocycles. The van der Waals surface area contributed by atoms with Gasteiger partial charge in [0.05, 0.1) is 0 Å². The Morgan fingerprint density at radius 2 is 1.94 bits per heavy atom. The van der Waals surface area contributed by atoms with Crippen molar-refractivity contribution in [1.29, 1.82) is 0 Å². The molecule has 18 heavy (non-hydrogen) atoms. The van der Waals surface area contributed by atoms with Crippen LogP contribution < -0.4 is 5.73 Å². The first-order chi connectivity index (χ1) is 8.72. The molecule has 0 saturated carbocycles. The van der Waals surface area contributed by atoms with Crippen molar-refractivity contribution in [3.63, 3.8) is 0 Å². The monoisotopic (exact) mass is 248 g/mol. The summed E-state index contributed by atoms with van der Waals surface area (Å²) in [6, 6.07) is 10.6. The maximum atomic E-state index is 12.0. The maximum Gasteiger partial charge on any atom is 0.224 e. The van der Waals surface area contributed by atoms with E-state index in [9.17, 15) is 4.79 Å². The van der Waals surface area contributed by atoms with Gasteiger partial charge in [-0.3, -0.25) is 4.79 Å². The molecule has 1 rings (SSSR count). The molecule has 100 valence electrons. The number of nitrogens with zero attached hydrogens (tertiary/aromatic N) is 1. The molecule has 1 amide bonds. The van der Waals surface area contributed by atoms with Crippen LogP contribution >= 0.6 is 0 Å². The lowest BCUT2D eigenvalue weighted by atomic mass is 10.0. The second kappa shape index (κ2) is 7.88. The van der Waals surface area contributed by atoms with Gasteiger partial charge in [-0.25, -0.2) is 0 Å². The van der Waals surface area contributed by atoms with E-state index in [4.69, 9.17) is 5.73 Å². The van der Waals surface area contributed by atoms with Crippen LogP contribution in [0.2, 0.25) is 0 Å². The van der Waals surface area contributed by atoms with Crippen molar-refractivity contribution < 1.29 is 4.79 Å². The summed E-state index contributed by atoms with van der Waals surface area (Å²) in [5, 5.41) is 0. The Balaban J connectivity index is 2.71. The smallest absolute Gasteiger partial charge is 0.224 e. The molecule has 0 spiro atoms. The molecular weight excluding hydrogens is 224 g/mol. The van der Waals surface area contributed by atoms with Gasteiger partial charge in [0.1, 0.15) is 0 Å². The number of rotatable bonds is 7. The van der Waals surface area contributed by atoms with E-state index in [0.29, 0.717) is 13.0 Å². The van der Waals surface area contributed by atoms with Gasteiger partial charge >= 0.3 is 0 Å². The van der Waals surface area contributed by atoms with Crippen molar-refractivity contribution in [1.82, 2.24) is 4.90 Å². The van der Waals surface area contributed by atoms with Gasteiger partial charge in [-0.05, 0) is 25.3 Å². The molecule has 1 unspecified atom stereocenters. The van der Waals surface area contributed by atoms with E-state index < -0.39 is 0 Å².